The summed E-state index contributed by atoms with van der Waals surface area (Å²) in [5.74, 6) is 1.20. The number of hydrogen-bond donors (Lipinski definition) is 1. The van der Waals surface area contributed by atoms with Crippen molar-refractivity contribution < 1.29 is 14.3 Å². The number of terminal acetylenes is 1. The normalized spacial score (nSPS) is 10.1. The maximum atomic E-state index is 12.6. The van der Waals surface area contributed by atoms with Crippen molar-refractivity contribution >= 4 is 11.9 Å². The fraction of sp³-hybridized carbons (Fsp3) is 0.136. The molecule has 0 aliphatic carbocycles. The Hall–Kier alpha value is -3.85. The van der Waals surface area contributed by atoms with Crippen LogP contribution in [0.3, 0.4) is 0 Å². The monoisotopic (exact) mass is 373 g/mol. The zero-order valence-corrected chi connectivity index (χ0v) is 15.4. The fourth-order valence-corrected chi connectivity index (χ4v) is 2.57. The molecule has 6 nitrogen and oxygen atoms in total. The number of ether oxygens (including phenoxy) is 1. The lowest BCUT2D eigenvalue weighted by atomic mass is 10.1. The highest BCUT2D eigenvalue weighted by atomic mass is 16.5. The SMILES string of the molecule is C#CCNC(=O)COC(=O)c1cn(-c2ccccc2)nc1-c1ccc(C)cc1. The smallest absolute Gasteiger partial charge is 0.342 e. The third-order valence-electron chi connectivity index (χ3n) is 4.00. The summed E-state index contributed by atoms with van der Waals surface area (Å²) in [5, 5.41) is 7.02. The summed E-state index contributed by atoms with van der Waals surface area (Å²) in [5.41, 5.74) is 3.45. The summed E-state index contributed by atoms with van der Waals surface area (Å²) >= 11 is 0. The van der Waals surface area contributed by atoms with E-state index in [1.807, 2.05) is 61.5 Å². The minimum Gasteiger partial charge on any atom is -0.452 e. The predicted octanol–water partition coefficient (Wildman–Crippen LogP) is 2.75. The van der Waals surface area contributed by atoms with Crippen LogP contribution in [0.5, 0.6) is 0 Å². The number of nitrogens with zero attached hydrogens (tertiary/aromatic N) is 2. The molecule has 0 fully saturated rings. The van der Waals surface area contributed by atoms with Gasteiger partial charge in [0.05, 0.1) is 12.2 Å². The van der Waals surface area contributed by atoms with E-state index in [1.54, 1.807) is 10.9 Å². The molecule has 1 N–H and O–H groups in total. The van der Waals surface area contributed by atoms with Crippen LogP contribution >= 0.6 is 0 Å². The van der Waals surface area contributed by atoms with E-state index in [0.29, 0.717) is 5.69 Å². The summed E-state index contributed by atoms with van der Waals surface area (Å²) in [6.07, 6.45) is 6.70. The summed E-state index contributed by atoms with van der Waals surface area (Å²) in [7, 11) is 0. The van der Waals surface area contributed by atoms with E-state index in [2.05, 4.69) is 16.3 Å². The zero-order valence-electron chi connectivity index (χ0n) is 15.4. The van der Waals surface area contributed by atoms with Gasteiger partial charge in [-0.05, 0) is 19.1 Å². The first-order chi connectivity index (χ1) is 13.6. The molecule has 0 saturated heterocycles. The van der Waals surface area contributed by atoms with Crippen molar-refractivity contribution in [1.29, 1.82) is 0 Å². The van der Waals surface area contributed by atoms with E-state index >= 15 is 0 Å². The first kappa shape index (κ1) is 18.9. The van der Waals surface area contributed by atoms with Gasteiger partial charge in [0.15, 0.2) is 6.61 Å². The maximum absolute atomic E-state index is 12.6. The van der Waals surface area contributed by atoms with Crippen LogP contribution in [0.25, 0.3) is 16.9 Å². The molecular formula is C22H19N3O3. The molecule has 3 aromatic rings. The van der Waals surface area contributed by atoms with Crippen molar-refractivity contribution in [2.75, 3.05) is 13.2 Å². The molecule has 140 valence electrons. The van der Waals surface area contributed by atoms with Crippen molar-refractivity contribution in [3.63, 3.8) is 0 Å². The quantitative estimate of drug-likeness (QED) is 0.533. The molecule has 0 saturated carbocycles. The average molecular weight is 373 g/mol. The second-order valence-corrected chi connectivity index (χ2v) is 6.09. The standard InChI is InChI=1S/C22H19N3O3/c1-3-13-23-20(26)15-28-22(27)19-14-25(18-7-5-4-6-8-18)24-21(19)17-11-9-16(2)10-12-17/h1,4-12,14H,13,15H2,2H3,(H,23,26). The van der Waals surface area contributed by atoms with Gasteiger partial charge >= 0.3 is 5.97 Å². The Morgan fingerprint density at radius 3 is 2.54 bits per heavy atom. The highest BCUT2D eigenvalue weighted by Crippen LogP contribution is 2.25. The number of amides is 1. The van der Waals surface area contributed by atoms with Crippen LogP contribution in [0, 0.1) is 19.3 Å². The van der Waals surface area contributed by atoms with Crippen LogP contribution in [-0.2, 0) is 9.53 Å². The molecule has 0 radical (unpaired) electrons. The van der Waals surface area contributed by atoms with Gasteiger partial charge in [0.2, 0.25) is 0 Å². The third kappa shape index (κ3) is 4.46. The first-order valence-electron chi connectivity index (χ1n) is 8.68. The van der Waals surface area contributed by atoms with E-state index in [-0.39, 0.29) is 12.1 Å². The van der Waals surface area contributed by atoms with Gasteiger partial charge in [-0.25, -0.2) is 9.48 Å². The van der Waals surface area contributed by atoms with Crippen molar-refractivity contribution in [3.8, 4) is 29.3 Å². The van der Waals surface area contributed by atoms with Crippen LogP contribution in [0.1, 0.15) is 15.9 Å². The van der Waals surface area contributed by atoms with Crippen molar-refractivity contribution in [3.05, 3.63) is 71.9 Å². The lowest BCUT2D eigenvalue weighted by molar-refractivity contribution is -0.123. The molecular weight excluding hydrogens is 354 g/mol. The summed E-state index contributed by atoms with van der Waals surface area (Å²) in [6, 6.07) is 17.1. The number of carbonyl (C=O) groups is 2. The van der Waals surface area contributed by atoms with Crippen molar-refractivity contribution in [2.24, 2.45) is 0 Å². The van der Waals surface area contributed by atoms with Crippen molar-refractivity contribution in [1.82, 2.24) is 15.1 Å². The number of rotatable bonds is 6. The van der Waals surface area contributed by atoms with E-state index in [4.69, 9.17) is 11.2 Å². The van der Waals surface area contributed by atoms with Crippen molar-refractivity contribution in [2.45, 2.75) is 6.92 Å². The van der Waals surface area contributed by atoms with Crippen LogP contribution in [0.4, 0.5) is 0 Å². The molecule has 0 spiro atoms. The lowest BCUT2D eigenvalue weighted by Crippen LogP contribution is -2.29. The molecule has 0 unspecified atom stereocenters. The Labute approximate surface area is 163 Å². The molecule has 0 aliphatic rings. The Morgan fingerprint density at radius 1 is 1.14 bits per heavy atom. The van der Waals surface area contributed by atoms with E-state index < -0.39 is 18.5 Å². The van der Waals surface area contributed by atoms with Crippen LogP contribution in [-0.4, -0.2) is 34.8 Å². The number of carbonyl (C=O) groups excluding carboxylic acids is 2. The number of hydrogen-bond acceptors (Lipinski definition) is 4. The Kier molecular flexibility index (Phi) is 5.87. The van der Waals surface area contributed by atoms with E-state index in [9.17, 15) is 9.59 Å². The molecule has 1 aromatic heterocycles. The van der Waals surface area contributed by atoms with E-state index in [0.717, 1.165) is 16.8 Å². The number of esters is 1. The second kappa shape index (κ2) is 8.69. The summed E-state index contributed by atoms with van der Waals surface area (Å²) in [6.45, 7) is 1.65. The molecule has 3 rings (SSSR count). The second-order valence-electron chi connectivity index (χ2n) is 6.09. The van der Waals surface area contributed by atoms with Gasteiger partial charge < -0.3 is 10.1 Å². The van der Waals surface area contributed by atoms with Crippen LogP contribution in [0.15, 0.2) is 60.8 Å². The molecule has 0 bridgehead atoms. The first-order valence-corrected chi connectivity index (χ1v) is 8.68. The van der Waals surface area contributed by atoms with Crippen LogP contribution in [0.2, 0.25) is 0 Å². The van der Waals surface area contributed by atoms with Gasteiger partial charge in [-0.2, -0.15) is 5.10 Å². The molecule has 28 heavy (non-hydrogen) atoms. The van der Waals surface area contributed by atoms with Gasteiger partial charge in [-0.15, -0.1) is 6.42 Å². The Bertz CT molecular complexity index is 1020. The molecule has 0 aliphatic heterocycles. The Balaban J connectivity index is 1.90. The van der Waals surface area contributed by atoms with Gasteiger partial charge in [0.1, 0.15) is 11.3 Å². The highest BCUT2D eigenvalue weighted by molar-refractivity contribution is 5.97. The number of benzene rings is 2. The fourth-order valence-electron chi connectivity index (χ4n) is 2.57. The average Bonchev–Trinajstić information content (AvgIpc) is 3.17. The molecule has 1 heterocycles. The maximum Gasteiger partial charge on any atom is 0.342 e. The minimum absolute atomic E-state index is 0.0803. The predicted molar refractivity (Wildman–Crippen MR) is 106 cm³/mol. The number of para-hydroxylation sites is 1. The zero-order chi connectivity index (χ0) is 19.9. The van der Waals surface area contributed by atoms with Gasteiger partial charge in [0, 0.05) is 11.8 Å². The molecule has 0 atom stereocenters. The molecule has 6 heteroatoms. The Morgan fingerprint density at radius 2 is 1.86 bits per heavy atom. The highest BCUT2D eigenvalue weighted by Gasteiger charge is 2.20. The van der Waals surface area contributed by atoms with Crippen LogP contribution < -0.4 is 5.32 Å². The number of aromatic nitrogens is 2. The largest absolute Gasteiger partial charge is 0.452 e. The minimum atomic E-state index is -0.631. The molecule has 1 amide bonds. The lowest BCUT2D eigenvalue weighted by Gasteiger charge is -2.05. The van der Waals surface area contributed by atoms with E-state index in [1.165, 1.54) is 0 Å². The summed E-state index contributed by atoms with van der Waals surface area (Å²) < 4.78 is 6.76. The number of aryl methyl sites for hydroxylation is 1. The topological polar surface area (TPSA) is 73.2 Å². The summed E-state index contributed by atoms with van der Waals surface area (Å²) in [4.78, 5) is 24.3. The number of nitrogens with one attached hydrogen (secondary N) is 1. The van der Waals surface area contributed by atoms with Gasteiger partial charge in [0.25, 0.3) is 5.91 Å². The third-order valence-corrected chi connectivity index (χ3v) is 4.00. The van der Waals surface area contributed by atoms with Gasteiger partial charge in [-0.1, -0.05) is 53.9 Å². The van der Waals surface area contributed by atoms with Gasteiger partial charge in [-0.3, -0.25) is 4.79 Å². The molecule has 2 aromatic carbocycles.